The highest BCUT2D eigenvalue weighted by atomic mass is 19.1. The van der Waals surface area contributed by atoms with Gasteiger partial charge in [0, 0.05) is 13.1 Å². The molecule has 2 unspecified atom stereocenters. The standard InChI is InChI=1S/C15H20FNO3/c1-11(20-13-6-4-12(16)5-7-13)14(18)17-9-3-8-15(2,19)10-17/h4-7,11,19H,3,8-10H2,1-2H3. The Balaban J connectivity index is 1.96. The zero-order valence-electron chi connectivity index (χ0n) is 11.8. The minimum absolute atomic E-state index is 0.158. The fourth-order valence-electron chi connectivity index (χ4n) is 2.43. The molecular formula is C15H20FNO3. The Morgan fingerprint density at radius 2 is 2.10 bits per heavy atom. The lowest BCUT2D eigenvalue weighted by Crippen LogP contribution is -2.51. The molecule has 0 aromatic heterocycles. The Bertz CT molecular complexity index is 473. The number of halogens is 1. The summed E-state index contributed by atoms with van der Waals surface area (Å²) in [5, 5.41) is 10.0. The second kappa shape index (κ2) is 5.79. The summed E-state index contributed by atoms with van der Waals surface area (Å²) < 4.78 is 18.3. The Morgan fingerprint density at radius 3 is 2.70 bits per heavy atom. The summed E-state index contributed by atoms with van der Waals surface area (Å²) in [5.74, 6) is -0.0475. The van der Waals surface area contributed by atoms with Crippen LogP contribution < -0.4 is 4.74 Å². The largest absolute Gasteiger partial charge is 0.481 e. The second-order valence-electron chi connectivity index (χ2n) is 5.57. The van der Waals surface area contributed by atoms with Crippen LogP contribution in [0.25, 0.3) is 0 Å². The maximum Gasteiger partial charge on any atom is 0.263 e. The van der Waals surface area contributed by atoms with Crippen LogP contribution in [0.4, 0.5) is 4.39 Å². The van der Waals surface area contributed by atoms with Crippen LogP contribution in [0.1, 0.15) is 26.7 Å². The first-order valence-corrected chi connectivity index (χ1v) is 6.81. The van der Waals surface area contributed by atoms with Crippen LogP contribution in [-0.2, 0) is 4.79 Å². The number of carbonyl (C=O) groups excluding carboxylic acids is 1. The molecule has 110 valence electrons. The molecule has 1 amide bonds. The number of ether oxygens (including phenoxy) is 1. The first-order chi connectivity index (χ1) is 9.37. The van der Waals surface area contributed by atoms with Crippen molar-refractivity contribution in [2.45, 2.75) is 38.4 Å². The Labute approximate surface area is 118 Å². The minimum atomic E-state index is -0.830. The Hall–Kier alpha value is -1.62. The predicted octanol–water partition coefficient (Wildman–Crippen LogP) is 1.97. The van der Waals surface area contributed by atoms with Gasteiger partial charge in [0.15, 0.2) is 6.10 Å². The van der Waals surface area contributed by atoms with E-state index in [9.17, 15) is 14.3 Å². The number of nitrogens with zero attached hydrogens (tertiary/aromatic N) is 1. The van der Waals surface area contributed by atoms with Gasteiger partial charge in [0.05, 0.1) is 5.60 Å². The van der Waals surface area contributed by atoms with Gasteiger partial charge < -0.3 is 14.7 Å². The van der Waals surface area contributed by atoms with E-state index < -0.39 is 11.7 Å². The van der Waals surface area contributed by atoms with Crippen molar-refractivity contribution in [2.75, 3.05) is 13.1 Å². The lowest BCUT2D eigenvalue weighted by Gasteiger charge is -2.37. The zero-order valence-corrected chi connectivity index (χ0v) is 11.8. The summed E-state index contributed by atoms with van der Waals surface area (Å²) >= 11 is 0. The van der Waals surface area contributed by atoms with Gasteiger partial charge in [-0.15, -0.1) is 0 Å². The van der Waals surface area contributed by atoms with Gasteiger partial charge in [-0.1, -0.05) is 0 Å². The van der Waals surface area contributed by atoms with Crippen molar-refractivity contribution in [3.05, 3.63) is 30.1 Å². The number of rotatable bonds is 3. The molecule has 1 heterocycles. The van der Waals surface area contributed by atoms with E-state index >= 15 is 0 Å². The molecule has 1 fully saturated rings. The highest BCUT2D eigenvalue weighted by molar-refractivity contribution is 5.81. The number of benzene rings is 1. The maximum atomic E-state index is 12.8. The maximum absolute atomic E-state index is 12.8. The number of piperidine rings is 1. The van der Waals surface area contributed by atoms with Crippen molar-refractivity contribution in [1.29, 1.82) is 0 Å². The molecule has 1 aromatic carbocycles. The number of hydrogen-bond acceptors (Lipinski definition) is 3. The molecule has 1 aliphatic rings. The summed E-state index contributed by atoms with van der Waals surface area (Å²) in [5.41, 5.74) is -0.830. The monoisotopic (exact) mass is 281 g/mol. The fraction of sp³-hybridized carbons (Fsp3) is 0.533. The highest BCUT2D eigenvalue weighted by Crippen LogP contribution is 2.21. The third-order valence-electron chi connectivity index (χ3n) is 3.46. The number of amides is 1. The molecule has 2 rings (SSSR count). The highest BCUT2D eigenvalue weighted by Gasteiger charge is 2.33. The predicted molar refractivity (Wildman–Crippen MR) is 72.9 cm³/mol. The van der Waals surface area contributed by atoms with E-state index in [-0.39, 0.29) is 11.7 Å². The van der Waals surface area contributed by atoms with Crippen molar-refractivity contribution < 1.29 is 19.0 Å². The molecule has 0 radical (unpaired) electrons. The van der Waals surface area contributed by atoms with Gasteiger partial charge in [0.2, 0.25) is 0 Å². The van der Waals surface area contributed by atoms with Gasteiger partial charge in [0.25, 0.3) is 5.91 Å². The SMILES string of the molecule is CC(Oc1ccc(F)cc1)C(=O)N1CCCC(C)(O)C1. The average molecular weight is 281 g/mol. The van der Waals surface area contributed by atoms with Gasteiger partial charge in [-0.2, -0.15) is 0 Å². The zero-order chi connectivity index (χ0) is 14.8. The van der Waals surface area contributed by atoms with E-state index in [1.165, 1.54) is 24.3 Å². The van der Waals surface area contributed by atoms with Gasteiger partial charge in [-0.05, 0) is 51.0 Å². The van der Waals surface area contributed by atoms with Gasteiger partial charge in [0.1, 0.15) is 11.6 Å². The van der Waals surface area contributed by atoms with Gasteiger partial charge in [-0.3, -0.25) is 4.79 Å². The average Bonchev–Trinajstić information content (AvgIpc) is 2.39. The number of hydrogen-bond donors (Lipinski definition) is 1. The number of carbonyl (C=O) groups is 1. The molecule has 0 bridgehead atoms. The van der Waals surface area contributed by atoms with Crippen LogP contribution in [0.2, 0.25) is 0 Å². The summed E-state index contributed by atoms with van der Waals surface area (Å²) in [6.07, 6.45) is 0.820. The van der Waals surface area contributed by atoms with Gasteiger partial charge >= 0.3 is 0 Å². The van der Waals surface area contributed by atoms with Crippen LogP contribution in [-0.4, -0.2) is 40.7 Å². The topological polar surface area (TPSA) is 49.8 Å². The first kappa shape index (κ1) is 14.8. The molecule has 1 aliphatic heterocycles. The molecule has 20 heavy (non-hydrogen) atoms. The molecule has 5 heteroatoms. The number of β-amino-alcohol motifs (C(OH)–C–C–N with tert-alkyl or cyclic N) is 1. The molecule has 0 spiro atoms. The molecule has 1 N–H and O–H groups in total. The first-order valence-electron chi connectivity index (χ1n) is 6.81. The smallest absolute Gasteiger partial charge is 0.263 e. The lowest BCUT2D eigenvalue weighted by molar-refractivity contribution is -0.144. The minimum Gasteiger partial charge on any atom is -0.481 e. The Kier molecular flexibility index (Phi) is 4.28. The van der Waals surface area contributed by atoms with Crippen LogP contribution >= 0.6 is 0 Å². The van der Waals surface area contributed by atoms with Crippen LogP contribution in [0.3, 0.4) is 0 Å². The summed E-state index contributed by atoms with van der Waals surface area (Å²) in [6.45, 7) is 4.35. The molecule has 1 saturated heterocycles. The van der Waals surface area contributed by atoms with E-state index in [0.717, 1.165) is 6.42 Å². The third kappa shape index (κ3) is 3.70. The molecule has 2 atom stereocenters. The van der Waals surface area contributed by atoms with E-state index in [1.54, 1.807) is 18.7 Å². The quantitative estimate of drug-likeness (QED) is 0.921. The van der Waals surface area contributed by atoms with Crippen molar-refractivity contribution in [3.8, 4) is 5.75 Å². The molecule has 0 aliphatic carbocycles. The fourth-order valence-corrected chi connectivity index (χ4v) is 2.43. The van der Waals surface area contributed by atoms with Crippen LogP contribution in [0.15, 0.2) is 24.3 Å². The second-order valence-corrected chi connectivity index (χ2v) is 5.57. The van der Waals surface area contributed by atoms with Crippen molar-refractivity contribution >= 4 is 5.91 Å². The summed E-state index contributed by atoms with van der Waals surface area (Å²) in [6, 6.07) is 5.56. The number of aliphatic hydroxyl groups is 1. The summed E-state index contributed by atoms with van der Waals surface area (Å²) in [4.78, 5) is 13.9. The van der Waals surface area contributed by atoms with E-state index in [2.05, 4.69) is 0 Å². The van der Waals surface area contributed by atoms with Crippen molar-refractivity contribution in [1.82, 2.24) is 4.90 Å². The van der Waals surface area contributed by atoms with Crippen molar-refractivity contribution in [2.24, 2.45) is 0 Å². The van der Waals surface area contributed by atoms with Crippen LogP contribution in [0, 0.1) is 5.82 Å². The van der Waals surface area contributed by atoms with E-state index in [0.29, 0.717) is 25.3 Å². The molecule has 1 aromatic rings. The van der Waals surface area contributed by atoms with E-state index in [1.807, 2.05) is 0 Å². The molecule has 0 saturated carbocycles. The van der Waals surface area contributed by atoms with Crippen molar-refractivity contribution in [3.63, 3.8) is 0 Å². The van der Waals surface area contributed by atoms with E-state index in [4.69, 9.17) is 4.74 Å². The Morgan fingerprint density at radius 1 is 1.45 bits per heavy atom. The number of likely N-dealkylation sites (tertiary alicyclic amines) is 1. The lowest BCUT2D eigenvalue weighted by atomic mass is 9.95. The normalized spacial score (nSPS) is 24.3. The third-order valence-corrected chi connectivity index (χ3v) is 3.46. The van der Waals surface area contributed by atoms with Gasteiger partial charge in [-0.25, -0.2) is 4.39 Å². The summed E-state index contributed by atoms with van der Waals surface area (Å²) in [7, 11) is 0. The van der Waals surface area contributed by atoms with Crippen LogP contribution in [0.5, 0.6) is 5.75 Å². The molecule has 4 nitrogen and oxygen atoms in total. The molecular weight excluding hydrogens is 261 g/mol.